The summed E-state index contributed by atoms with van der Waals surface area (Å²) in [5.74, 6) is 0.922. The summed E-state index contributed by atoms with van der Waals surface area (Å²) in [4.78, 5) is 46.5. The minimum atomic E-state index is -0.677. The van der Waals surface area contributed by atoms with E-state index in [0.29, 0.717) is 37.5 Å². The number of nitrogens with zero attached hydrogens (tertiary/aromatic N) is 3. The number of benzene rings is 2. The highest BCUT2D eigenvalue weighted by atomic mass is 16.4. The van der Waals surface area contributed by atoms with E-state index in [1.165, 1.54) is 9.47 Å². The predicted octanol–water partition coefficient (Wildman–Crippen LogP) is 3.59. The first kappa shape index (κ1) is 24.7. The number of carbonyl (C=O) groups is 1. The van der Waals surface area contributed by atoms with Gasteiger partial charge in [-0.05, 0) is 18.4 Å². The molecule has 2 aromatic carbocycles. The molecule has 0 saturated heterocycles. The summed E-state index contributed by atoms with van der Waals surface area (Å²) < 4.78 is 7.10. The largest absolute Gasteiger partial charge is 0.441 e. The van der Waals surface area contributed by atoms with Crippen LogP contribution in [0.5, 0.6) is 0 Å². The monoisotopic (exact) mass is 487 g/mol. The smallest absolute Gasteiger partial charge is 0.330 e. The minimum Gasteiger partial charge on any atom is -0.441 e. The van der Waals surface area contributed by atoms with Gasteiger partial charge in [-0.15, -0.1) is 0 Å². The van der Waals surface area contributed by atoms with Gasteiger partial charge in [0.15, 0.2) is 17.3 Å². The van der Waals surface area contributed by atoms with Gasteiger partial charge in [-0.1, -0.05) is 67.6 Å². The van der Waals surface area contributed by atoms with Crippen LogP contribution in [-0.2, 0) is 17.8 Å². The number of anilines is 2. The van der Waals surface area contributed by atoms with Crippen molar-refractivity contribution in [3.8, 4) is 11.3 Å². The number of amides is 1. The average Bonchev–Trinajstić information content (AvgIpc) is 3.36. The van der Waals surface area contributed by atoms with Crippen molar-refractivity contribution in [1.82, 2.24) is 14.5 Å². The average molecular weight is 488 g/mol. The van der Waals surface area contributed by atoms with Crippen molar-refractivity contribution >= 4 is 17.4 Å². The summed E-state index contributed by atoms with van der Waals surface area (Å²) in [5.41, 5.74) is 6.79. The number of hydrogen-bond acceptors (Lipinski definition) is 6. The number of aromatic nitrogens is 3. The number of rotatable bonds is 10. The van der Waals surface area contributed by atoms with Crippen LogP contribution in [0.2, 0.25) is 0 Å². The maximum Gasteiger partial charge on any atom is 0.330 e. The van der Waals surface area contributed by atoms with Gasteiger partial charge in [0.2, 0.25) is 5.91 Å². The van der Waals surface area contributed by atoms with Gasteiger partial charge in [0, 0.05) is 24.9 Å². The number of nitrogens with one attached hydrogen (secondary N) is 1. The molecule has 9 heteroatoms. The van der Waals surface area contributed by atoms with E-state index in [4.69, 9.17) is 10.2 Å². The molecule has 0 bridgehead atoms. The Hall–Kier alpha value is -4.40. The molecule has 2 aromatic heterocycles. The third-order valence-corrected chi connectivity index (χ3v) is 5.81. The van der Waals surface area contributed by atoms with Crippen LogP contribution in [0.15, 0.2) is 80.9 Å². The Balaban J connectivity index is 1.49. The van der Waals surface area contributed by atoms with Crippen LogP contribution >= 0.6 is 0 Å². The van der Waals surface area contributed by atoms with Gasteiger partial charge in [0.25, 0.3) is 5.56 Å². The Morgan fingerprint density at radius 3 is 2.47 bits per heavy atom. The fourth-order valence-electron chi connectivity index (χ4n) is 4.03. The van der Waals surface area contributed by atoms with Crippen molar-refractivity contribution in [1.29, 1.82) is 0 Å². The number of carbonyl (C=O) groups excluding carboxylic acids is 1. The first-order chi connectivity index (χ1) is 17.5. The molecular formula is C27H29N5O4. The van der Waals surface area contributed by atoms with E-state index in [0.717, 1.165) is 11.1 Å². The van der Waals surface area contributed by atoms with Crippen molar-refractivity contribution in [2.24, 2.45) is 0 Å². The summed E-state index contributed by atoms with van der Waals surface area (Å²) in [6.45, 7) is 2.38. The van der Waals surface area contributed by atoms with Gasteiger partial charge < -0.3 is 15.1 Å². The molecule has 0 aliphatic carbocycles. The lowest BCUT2D eigenvalue weighted by molar-refractivity contribution is -0.118. The molecule has 0 aliphatic rings. The number of nitrogens with two attached hydrogens (primary N) is 1. The molecule has 0 unspecified atom stereocenters. The lowest BCUT2D eigenvalue weighted by Crippen LogP contribution is -2.41. The van der Waals surface area contributed by atoms with E-state index >= 15 is 0 Å². The first-order valence-corrected chi connectivity index (χ1v) is 11.9. The van der Waals surface area contributed by atoms with Crippen molar-refractivity contribution in [3.63, 3.8) is 0 Å². The van der Waals surface area contributed by atoms with Crippen LogP contribution in [0.1, 0.15) is 37.6 Å². The molecule has 0 aliphatic heterocycles. The molecule has 186 valence electrons. The highest BCUT2D eigenvalue weighted by Crippen LogP contribution is 2.22. The number of aromatic amines is 1. The quantitative estimate of drug-likeness (QED) is 0.352. The predicted molar refractivity (Wildman–Crippen MR) is 139 cm³/mol. The highest BCUT2D eigenvalue weighted by molar-refractivity contribution is 5.95. The second-order valence-corrected chi connectivity index (χ2v) is 8.45. The number of H-pyrrole nitrogens is 1. The molecule has 0 spiro atoms. The maximum atomic E-state index is 13.2. The Bertz CT molecular complexity index is 1420. The second kappa shape index (κ2) is 11.4. The number of oxazole rings is 1. The van der Waals surface area contributed by atoms with Crippen molar-refractivity contribution in [2.75, 3.05) is 17.2 Å². The molecule has 3 N–H and O–H groups in total. The molecule has 9 nitrogen and oxygen atoms in total. The van der Waals surface area contributed by atoms with Crippen molar-refractivity contribution in [3.05, 3.63) is 99.2 Å². The molecule has 0 atom stereocenters. The fourth-order valence-corrected chi connectivity index (χ4v) is 4.03. The number of aryl methyl sites for hydroxylation is 1. The van der Waals surface area contributed by atoms with Crippen LogP contribution in [0, 0.1) is 0 Å². The standard InChI is InChI=1S/C27H29N5O4/c1-2-16-31(23(33)15-9-14-22-29-17-21(36-22)20-12-7-4-8-13-20)24-25(28)32(27(35)30-26(24)34)18-19-10-5-3-6-11-19/h3-8,10-13,17H,2,9,14-16,18,28H2,1H3,(H,30,34,35). The van der Waals surface area contributed by atoms with Gasteiger partial charge in [0.05, 0.1) is 12.7 Å². The van der Waals surface area contributed by atoms with Crippen LogP contribution in [-0.4, -0.2) is 27.0 Å². The maximum absolute atomic E-state index is 13.2. The van der Waals surface area contributed by atoms with Gasteiger partial charge >= 0.3 is 5.69 Å². The molecule has 0 fully saturated rings. The molecule has 36 heavy (non-hydrogen) atoms. The molecule has 0 radical (unpaired) electrons. The normalized spacial score (nSPS) is 10.9. The zero-order valence-corrected chi connectivity index (χ0v) is 20.1. The SMILES string of the molecule is CCCN(C(=O)CCCc1ncc(-c2ccccc2)o1)c1c(N)n(Cc2ccccc2)c(=O)[nH]c1=O. The van der Waals surface area contributed by atoms with Crippen molar-refractivity contribution in [2.45, 2.75) is 39.2 Å². The van der Waals surface area contributed by atoms with Crippen LogP contribution < -0.4 is 21.9 Å². The van der Waals surface area contributed by atoms with Gasteiger partial charge in [-0.2, -0.15) is 0 Å². The summed E-state index contributed by atoms with van der Waals surface area (Å²) in [5, 5.41) is 0. The molecule has 0 saturated carbocycles. The van der Waals surface area contributed by atoms with E-state index in [1.54, 1.807) is 6.20 Å². The lowest BCUT2D eigenvalue weighted by Gasteiger charge is -2.24. The third kappa shape index (κ3) is 5.63. The Morgan fingerprint density at radius 2 is 1.78 bits per heavy atom. The van der Waals surface area contributed by atoms with E-state index < -0.39 is 11.2 Å². The van der Waals surface area contributed by atoms with Crippen LogP contribution in [0.4, 0.5) is 11.5 Å². The fraction of sp³-hybridized carbons (Fsp3) is 0.259. The van der Waals surface area contributed by atoms with Gasteiger partial charge in [-0.25, -0.2) is 9.78 Å². The summed E-state index contributed by atoms with van der Waals surface area (Å²) >= 11 is 0. The van der Waals surface area contributed by atoms with Crippen molar-refractivity contribution < 1.29 is 9.21 Å². The zero-order valence-electron chi connectivity index (χ0n) is 20.1. The Kier molecular flexibility index (Phi) is 7.79. The van der Waals surface area contributed by atoms with Crippen LogP contribution in [0.3, 0.4) is 0 Å². The van der Waals surface area contributed by atoms with Gasteiger partial charge in [0.1, 0.15) is 5.82 Å². The third-order valence-electron chi connectivity index (χ3n) is 5.81. The van der Waals surface area contributed by atoms with E-state index in [-0.39, 0.29) is 30.4 Å². The molecular weight excluding hydrogens is 458 g/mol. The second-order valence-electron chi connectivity index (χ2n) is 8.45. The number of hydrogen-bond donors (Lipinski definition) is 2. The van der Waals surface area contributed by atoms with Crippen LogP contribution in [0.25, 0.3) is 11.3 Å². The first-order valence-electron chi connectivity index (χ1n) is 11.9. The van der Waals surface area contributed by atoms with E-state index in [9.17, 15) is 14.4 Å². The molecule has 1 amide bonds. The van der Waals surface area contributed by atoms with E-state index in [1.807, 2.05) is 67.6 Å². The molecule has 4 aromatic rings. The molecule has 4 rings (SSSR count). The highest BCUT2D eigenvalue weighted by Gasteiger charge is 2.23. The topological polar surface area (TPSA) is 127 Å². The van der Waals surface area contributed by atoms with E-state index in [2.05, 4.69) is 9.97 Å². The Morgan fingerprint density at radius 1 is 1.08 bits per heavy atom. The summed E-state index contributed by atoms with van der Waals surface area (Å²) in [6.07, 6.45) is 3.40. The lowest BCUT2D eigenvalue weighted by atomic mass is 10.2. The van der Waals surface area contributed by atoms with Gasteiger partial charge in [-0.3, -0.25) is 19.1 Å². The Labute approximate surface area is 208 Å². The minimum absolute atomic E-state index is 0.000122. The summed E-state index contributed by atoms with van der Waals surface area (Å²) in [6, 6.07) is 19.0. The zero-order chi connectivity index (χ0) is 25.5. The summed E-state index contributed by atoms with van der Waals surface area (Å²) in [7, 11) is 0. The molecule has 2 heterocycles. The number of nitrogen functional groups attached to an aromatic ring is 1.